The van der Waals surface area contributed by atoms with E-state index in [9.17, 15) is 65.4 Å². The van der Waals surface area contributed by atoms with E-state index in [4.69, 9.17) is 24.7 Å². The van der Waals surface area contributed by atoms with Crippen molar-refractivity contribution in [3.8, 4) is 0 Å². The Hall–Kier alpha value is -3.97. The molecule has 0 saturated carbocycles. The summed E-state index contributed by atoms with van der Waals surface area (Å²) < 4.78 is 23.5. The molecule has 2 saturated heterocycles. The number of hydrogen-bond acceptors (Lipinski definition) is 18. The van der Waals surface area contributed by atoms with Gasteiger partial charge in [0.05, 0.1) is 85.5 Å². The number of ether oxygens (including phenoxy) is 4. The quantitative estimate of drug-likeness (QED) is 0.132. The summed E-state index contributed by atoms with van der Waals surface area (Å²) in [6.45, 7) is 8.30. The fraction of sp³-hybridized carbons (Fsp3) is 0.660. The van der Waals surface area contributed by atoms with E-state index in [0.717, 1.165) is 0 Å². The highest BCUT2D eigenvalue weighted by Gasteiger charge is 2.51. The first-order valence-corrected chi connectivity index (χ1v) is 24.1. The number of allylic oxidation sites excluding steroid dienone is 12. The number of rotatable bonds is 4. The second-order valence-electron chi connectivity index (χ2n) is 18.6. The summed E-state index contributed by atoms with van der Waals surface area (Å²) in [7, 11) is 0. The fourth-order valence-electron chi connectivity index (χ4n) is 8.29. The van der Waals surface area contributed by atoms with Gasteiger partial charge >= 0.3 is 5.97 Å². The van der Waals surface area contributed by atoms with Crippen molar-refractivity contribution >= 4 is 17.8 Å². The summed E-state index contributed by atoms with van der Waals surface area (Å²) in [6, 6.07) is -1.16. The van der Waals surface area contributed by atoms with Crippen LogP contribution < -0.4 is 16.6 Å². The minimum absolute atomic E-state index is 0.0185. The monoisotopic (exact) mass is 994 g/mol. The molecule has 2 fully saturated rings. The maximum Gasteiger partial charge on any atom is 0.308 e. The number of aliphatic hydroxyl groups is 10. The molecule has 0 spiro atoms. The van der Waals surface area contributed by atoms with Crippen LogP contribution in [0.25, 0.3) is 0 Å². The number of carbonyl (C=O) groups is 3. The molecule has 0 radical (unpaired) electrons. The van der Waals surface area contributed by atoms with Crippen LogP contribution in [0.4, 0.5) is 0 Å². The van der Waals surface area contributed by atoms with Crippen LogP contribution in [0.1, 0.15) is 92.4 Å². The summed E-state index contributed by atoms with van der Waals surface area (Å²) in [4.78, 5) is 38.3. The van der Waals surface area contributed by atoms with Gasteiger partial charge in [0.2, 0.25) is 11.8 Å². The average molecular weight is 994 g/mol. The van der Waals surface area contributed by atoms with Gasteiger partial charge in [-0.2, -0.15) is 0 Å². The highest BCUT2D eigenvalue weighted by Crippen LogP contribution is 2.38. The minimum atomic E-state index is -2.34. The van der Waals surface area contributed by atoms with Crippen LogP contribution in [-0.4, -0.2) is 166 Å². The van der Waals surface area contributed by atoms with E-state index in [2.05, 4.69) is 10.9 Å². The van der Waals surface area contributed by atoms with Gasteiger partial charge in [-0.05, 0) is 33.1 Å². The smallest absolute Gasteiger partial charge is 0.308 e. The Balaban J connectivity index is 1.93. The molecular weight excluding hydrogens is 915 g/mol. The van der Waals surface area contributed by atoms with E-state index in [1.807, 2.05) is 25.2 Å². The third-order valence-corrected chi connectivity index (χ3v) is 12.7. The minimum Gasteiger partial charge on any atom is -0.462 e. The van der Waals surface area contributed by atoms with E-state index in [1.165, 1.54) is 13.0 Å². The molecule has 20 heteroatoms. The van der Waals surface area contributed by atoms with Crippen LogP contribution in [-0.2, 0) is 33.3 Å². The van der Waals surface area contributed by atoms with Crippen LogP contribution in [0.3, 0.4) is 0 Å². The van der Waals surface area contributed by atoms with Gasteiger partial charge in [0.25, 0.3) is 0 Å². The first kappa shape index (κ1) is 60.3. The predicted molar refractivity (Wildman–Crippen MR) is 256 cm³/mol. The second-order valence-corrected chi connectivity index (χ2v) is 18.6. The predicted octanol–water partition coefficient (Wildman–Crippen LogP) is 0.185. The first-order valence-electron chi connectivity index (χ1n) is 24.1. The first-order chi connectivity index (χ1) is 33.0. The summed E-state index contributed by atoms with van der Waals surface area (Å²) in [5.74, 6) is -6.71. The molecular formula is C50H79N3O17. The molecule has 3 rings (SSSR count). The second kappa shape index (κ2) is 30.2. The standard InChI is InChI=1S/C50H79N3O17/c1-6-41(60)52-53-48(65)43-39(59)28-50(66)27-35(56)24-38(58)37(57)22-21-33(54)23-34(55)25-42(61)67-31(4)30(3)45(62)29(2)19-17-15-13-11-9-7-8-10-12-14-16-18-20-36(26-40(43)70-50)69-49-47(64)44(51)46(63)32(5)68-49/h7-20,29-40,43-47,49,54-59,62-64,66H,6,21-28,51H2,1-5H3,(H,52,60)(H,53,65)/b8-7+,11-9+,12-10+,15-13+,16-14+,19-17+,20-18+/t29-,30-,31-,32+,33+,34+,35-,36-,37+,38+,39-,40-,43+,44-,45+,46+,47-,49-,50+/m0/s1. The number of amides is 2. The van der Waals surface area contributed by atoms with Crippen molar-refractivity contribution in [2.45, 2.75) is 190 Å². The molecule has 0 aliphatic carbocycles. The zero-order valence-electron chi connectivity index (χ0n) is 40.7. The lowest BCUT2D eigenvalue weighted by Crippen LogP contribution is -2.62. The Morgan fingerprint density at radius 2 is 1.27 bits per heavy atom. The number of fused-ring (bicyclic) bond motifs is 2. The van der Waals surface area contributed by atoms with Crippen molar-refractivity contribution in [1.29, 1.82) is 0 Å². The number of nitrogens with two attached hydrogens (primary N) is 1. The highest BCUT2D eigenvalue weighted by atomic mass is 16.7. The van der Waals surface area contributed by atoms with Gasteiger partial charge in [0.1, 0.15) is 12.2 Å². The van der Waals surface area contributed by atoms with Crippen LogP contribution in [0.5, 0.6) is 0 Å². The molecule has 2 bridgehead atoms. The van der Waals surface area contributed by atoms with Gasteiger partial charge in [-0.3, -0.25) is 25.2 Å². The molecule has 0 aromatic carbocycles. The number of hydrazine groups is 1. The van der Waals surface area contributed by atoms with Crippen LogP contribution in [0.15, 0.2) is 85.1 Å². The number of esters is 1. The van der Waals surface area contributed by atoms with Crippen molar-refractivity contribution in [2.75, 3.05) is 0 Å². The Morgan fingerprint density at radius 1 is 0.686 bits per heavy atom. The molecule has 0 aromatic rings. The lowest BCUT2D eigenvalue weighted by atomic mass is 9.82. The van der Waals surface area contributed by atoms with Crippen LogP contribution in [0.2, 0.25) is 0 Å². The Labute approximate surface area is 410 Å². The number of nitrogens with one attached hydrogen (secondary N) is 2. The topological polar surface area (TPSA) is 341 Å². The number of aliphatic hydroxyl groups excluding tert-OH is 9. The molecule has 0 aromatic heterocycles. The number of carbonyl (C=O) groups excluding carboxylic acids is 3. The van der Waals surface area contributed by atoms with Gasteiger partial charge in [0, 0.05) is 43.9 Å². The van der Waals surface area contributed by atoms with E-state index in [-0.39, 0.29) is 38.0 Å². The molecule has 70 heavy (non-hydrogen) atoms. The third kappa shape index (κ3) is 20.3. The molecule has 396 valence electrons. The normalized spacial score (nSPS) is 42.9. The van der Waals surface area contributed by atoms with Gasteiger partial charge in [-0.25, -0.2) is 0 Å². The van der Waals surface area contributed by atoms with Crippen molar-refractivity contribution in [3.63, 3.8) is 0 Å². The molecule has 2 amide bonds. The highest BCUT2D eigenvalue weighted by molar-refractivity contribution is 5.84. The molecule has 19 atom stereocenters. The van der Waals surface area contributed by atoms with Crippen molar-refractivity contribution in [1.82, 2.24) is 10.9 Å². The van der Waals surface area contributed by atoms with E-state index >= 15 is 0 Å². The number of hydrogen-bond donors (Lipinski definition) is 13. The van der Waals surface area contributed by atoms with Crippen LogP contribution >= 0.6 is 0 Å². The molecule has 14 N–H and O–H groups in total. The maximum absolute atomic E-state index is 13.6. The van der Waals surface area contributed by atoms with E-state index in [1.54, 1.807) is 81.5 Å². The summed E-state index contributed by atoms with van der Waals surface area (Å²) in [5, 5.41) is 109. The molecule has 20 nitrogen and oxygen atoms in total. The Bertz CT molecular complexity index is 1820. The van der Waals surface area contributed by atoms with E-state index in [0.29, 0.717) is 0 Å². The SMILES string of the molecule is CCC(=O)NNC(=O)[C@H]1[C@@H]2C[C@@H](O[C@@H]3O[C@H](C)[C@@H](O)[C@H](N)[C@@H]3O)/C=C/C=C/C=C/C=C/C=C/C=C/C=C/[C@H](C)[C@@H](O)[C@@H](C)[C@H](C)OC(=O)C[C@H](O)C[C@H](O)CC[C@@H](O)[C@H](O)C[C@H](O)C[C@](O)(C[C@@H]1O)O2. The molecule has 3 aliphatic rings. The average Bonchev–Trinajstić information content (AvgIpc) is 3.29. The van der Waals surface area contributed by atoms with Gasteiger partial charge in [-0.15, -0.1) is 0 Å². The molecule has 3 heterocycles. The van der Waals surface area contributed by atoms with Gasteiger partial charge in [-0.1, -0.05) is 106 Å². The Morgan fingerprint density at radius 3 is 1.87 bits per heavy atom. The molecule has 3 aliphatic heterocycles. The lowest BCUT2D eigenvalue weighted by molar-refractivity contribution is -0.307. The zero-order chi connectivity index (χ0) is 52.1. The largest absolute Gasteiger partial charge is 0.462 e. The van der Waals surface area contributed by atoms with Crippen LogP contribution in [0, 0.1) is 17.8 Å². The summed E-state index contributed by atoms with van der Waals surface area (Å²) in [6.07, 6.45) is 3.45. The number of cyclic esters (lactones) is 1. The van der Waals surface area contributed by atoms with Gasteiger partial charge < -0.3 is 75.7 Å². The fourth-order valence-corrected chi connectivity index (χ4v) is 8.29. The van der Waals surface area contributed by atoms with E-state index < -0.39 is 153 Å². The molecule has 0 unspecified atom stereocenters. The summed E-state index contributed by atoms with van der Waals surface area (Å²) in [5.41, 5.74) is 10.6. The van der Waals surface area contributed by atoms with Gasteiger partial charge in [0.15, 0.2) is 12.1 Å². The van der Waals surface area contributed by atoms with Crippen molar-refractivity contribution < 1.29 is 84.4 Å². The maximum atomic E-state index is 13.6. The summed E-state index contributed by atoms with van der Waals surface area (Å²) >= 11 is 0. The zero-order valence-corrected chi connectivity index (χ0v) is 40.7. The van der Waals surface area contributed by atoms with Crippen molar-refractivity contribution in [2.24, 2.45) is 23.5 Å². The lowest BCUT2D eigenvalue weighted by Gasteiger charge is -2.46. The third-order valence-electron chi connectivity index (χ3n) is 12.7. The van der Waals surface area contributed by atoms with Crippen molar-refractivity contribution in [3.05, 3.63) is 85.1 Å². The Kier molecular flexibility index (Phi) is 26.0.